The van der Waals surface area contributed by atoms with E-state index in [2.05, 4.69) is 24.0 Å². The zero-order chi connectivity index (χ0) is 13.3. The van der Waals surface area contributed by atoms with Gasteiger partial charge in [0.05, 0.1) is 24.1 Å². The Morgan fingerprint density at radius 3 is 2.44 bits per heavy atom. The molecule has 0 bridgehead atoms. The van der Waals surface area contributed by atoms with Crippen LogP contribution in [0.5, 0.6) is 0 Å². The first kappa shape index (κ1) is 12.4. The van der Waals surface area contributed by atoms with Crippen molar-refractivity contribution < 1.29 is 9.90 Å². The van der Waals surface area contributed by atoms with Crippen LogP contribution in [-0.4, -0.2) is 20.6 Å². The van der Waals surface area contributed by atoms with Crippen molar-refractivity contribution >= 4 is 5.97 Å². The number of imidazole rings is 1. The summed E-state index contributed by atoms with van der Waals surface area (Å²) >= 11 is 0. The fraction of sp³-hybridized carbons (Fsp3) is 0.286. The summed E-state index contributed by atoms with van der Waals surface area (Å²) in [6.07, 6.45) is 3.40. The highest BCUT2D eigenvalue weighted by Gasteiger charge is 2.09. The lowest BCUT2D eigenvalue weighted by molar-refractivity contribution is -0.136. The lowest BCUT2D eigenvalue weighted by Crippen LogP contribution is -2.01. The summed E-state index contributed by atoms with van der Waals surface area (Å²) < 4.78 is 1.89. The van der Waals surface area contributed by atoms with Gasteiger partial charge < -0.3 is 9.67 Å². The predicted molar refractivity (Wildman–Crippen MR) is 69.1 cm³/mol. The number of carboxylic acids is 1. The molecule has 4 heteroatoms. The van der Waals surface area contributed by atoms with Crippen LogP contribution in [0.4, 0.5) is 0 Å². The maximum Gasteiger partial charge on any atom is 0.309 e. The average molecular weight is 244 g/mol. The lowest BCUT2D eigenvalue weighted by atomic mass is 10.1. The molecule has 0 unspecified atom stereocenters. The van der Waals surface area contributed by atoms with Crippen LogP contribution in [0.15, 0.2) is 24.7 Å². The van der Waals surface area contributed by atoms with Gasteiger partial charge in [0.1, 0.15) is 0 Å². The molecule has 0 amide bonds. The number of carbonyl (C=O) groups is 1. The third kappa shape index (κ3) is 2.42. The van der Waals surface area contributed by atoms with Gasteiger partial charge in [-0.3, -0.25) is 4.79 Å². The number of benzene rings is 1. The molecule has 2 aromatic rings. The van der Waals surface area contributed by atoms with Crippen molar-refractivity contribution in [1.82, 2.24) is 9.55 Å². The van der Waals surface area contributed by atoms with E-state index in [-0.39, 0.29) is 6.42 Å². The van der Waals surface area contributed by atoms with Crippen molar-refractivity contribution in [3.8, 4) is 5.69 Å². The molecule has 1 N–H and O–H groups in total. The summed E-state index contributed by atoms with van der Waals surface area (Å²) in [5, 5.41) is 8.74. The highest BCUT2D eigenvalue weighted by atomic mass is 16.4. The first-order valence-electron chi connectivity index (χ1n) is 5.80. The summed E-state index contributed by atoms with van der Waals surface area (Å²) in [7, 11) is 0. The first-order chi connectivity index (χ1) is 8.47. The number of rotatable bonds is 3. The van der Waals surface area contributed by atoms with Gasteiger partial charge in [-0.15, -0.1) is 0 Å². The molecule has 94 valence electrons. The first-order valence-corrected chi connectivity index (χ1v) is 5.80. The molecule has 18 heavy (non-hydrogen) atoms. The zero-order valence-electron chi connectivity index (χ0n) is 10.8. The second kappa shape index (κ2) is 4.64. The Hall–Kier alpha value is -2.10. The van der Waals surface area contributed by atoms with E-state index in [1.54, 1.807) is 12.5 Å². The molecule has 0 aliphatic heterocycles. The minimum atomic E-state index is -0.863. The van der Waals surface area contributed by atoms with Gasteiger partial charge in [0.25, 0.3) is 0 Å². The molecule has 4 nitrogen and oxygen atoms in total. The van der Waals surface area contributed by atoms with Gasteiger partial charge in [-0.05, 0) is 31.9 Å². The number of aromatic nitrogens is 2. The number of aliphatic carboxylic acids is 1. The predicted octanol–water partition coefficient (Wildman–Crippen LogP) is 2.42. The fourth-order valence-electron chi connectivity index (χ4n) is 2.31. The Morgan fingerprint density at radius 2 is 1.89 bits per heavy atom. The molecule has 0 fully saturated rings. The minimum Gasteiger partial charge on any atom is -0.481 e. The SMILES string of the molecule is Cc1cc(C)c(-n2cnc(CC(=O)O)c2)c(C)c1. The van der Waals surface area contributed by atoms with Gasteiger partial charge in [-0.2, -0.15) is 0 Å². The Kier molecular flexibility index (Phi) is 3.19. The van der Waals surface area contributed by atoms with Crippen molar-refractivity contribution in [2.24, 2.45) is 0 Å². The van der Waals surface area contributed by atoms with E-state index in [4.69, 9.17) is 5.11 Å². The molecule has 1 heterocycles. The third-order valence-electron chi connectivity index (χ3n) is 2.86. The molecule has 1 aromatic heterocycles. The van der Waals surface area contributed by atoms with Crippen molar-refractivity contribution in [2.75, 3.05) is 0 Å². The molecule has 0 saturated heterocycles. The summed E-state index contributed by atoms with van der Waals surface area (Å²) in [5.41, 5.74) is 5.18. The van der Waals surface area contributed by atoms with E-state index in [0.29, 0.717) is 5.69 Å². The lowest BCUT2D eigenvalue weighted by Gasteiger charge is -2.11. The van der Waals surface area contributed by atoms with Gasteiger partial charge in [-0.1, -0.05) is 17.7 Å². The molecule has 0 saturated carbocycles. The Bertz CT molecular complexity index is 577. The Balaban J connectivity index is 2.43. The molecule has 0 aliphatic rings. The summed E-state index contributed by atoms with van der Waals surface area (Å²) in [5.74, 6) is -0.863. The Morgan fingerprint density at radius 1 is 1.28 bits per heavy atom. The van der Waals surface area contributed by atoms with Gasteiger partial charge in [0.15, 0.2) is 0 Å². The summed E-state index contributed by atoms with van der Waals surface area (Å²) in [6.45, 7) is 6.16. The number of hydrogen-bond acceptors (Lipinski definition) is 2. The normalized spacial score (nSPS) is 10.6. The number of carboxylic acid groups (broad SMARTS) is 1. The molecular formula is C14H16N2O2. The number of nitrogens with zero attached hydrogens (tertiary/aromatic N) is 2. The maximum atomic E-state index is 10.6. The highest BCUT2D eigenvalue weighted by Crippen LogP contribution is 2.21. The molecule has 1 aromatic carbocycles. The van der Waals surface area contributed by atoms with E-state index in [1.807, 2.05) is 18.4 Å². The molecule has 0 aliphatic carbocycles. The maximum absolute atomic E-state index is 10.6. The van der Waals surface area contributed by atoms with Crippen molar-refractivity contribution in [2.45, 2.75) is 27.2 Å². The largest absolute Gasteiger partial charge is 0.481 e. The third-order valence-corrected chi connectivity index (χ3v) is 2.86. The standard InChI is InChI=1S/C14H16N2O2/c1-9-4-10(2)14(11(3)5-9)16-7-12(15-8-16)6-13(17)18/h4-5,7-8H,6H2,1-3H3,(H,17,18). The molecule has 0 atom stereocenters. The second-order valence-electron chi connectivity index (χ2n) is 4.59. The quantitative estimate of drug-likeness (QED) is 0.902. The van der Waals surface area contributed by atoms with Gasteiger partial charge in [0, 0.05) is 6.20 Å². The van der Waals surface area contributed by atoms with Crippen LogP contribution in [0, 0.1) is 20.8 Å². The van der Waals surface area contributed by atoms with E-state index < -0.39 is 5.97 Å². The van der Waals surface area contributed by atoms with Gasteiger partial charge in [-0.25, -0.2) is 4.98 Å². The molecule has 2 rings (SSSR count). The average Bonchev–Trinajstić information content (AvgIpc) is 2.63. The van der Waals surface area contributed by atoms with E-state index in [1.165, 1.54) is 5.56 Å². The fourth-order valence-corrected chi connectivity index (χ4v) is 2.31. The smallest absolute Gasteiger partial charge is 0.309 e. The van der Waals surface area contributed by atoms with Crippen LogP contribution in [0.2, 0.25) is 0 Å². The molecule has 0 spiro atoms. The monoisotopic (exact) mass is 244 g/mol. The van der Waals surface area contributed by atoms with Crippen LogP contribution in [-0.2, 0) is 11.2 Å². The van der Waals surface area contributed by atoms with E-state index in [9.17, 15) is 4.79 Å². The number of aryl methyl sites for hydroxylation is 3. The van der Waals surface area contributed by atoms with Crippen LogP contribution in [0.1, 0.15) is 22.4 Å². The van der Waals surface area contributed by atoms with Crippen molar-refractivity contribution in [3.05, 3.63) is 47.0 Å². The van der Waals surface area contributed by atoms with Crippen LogP contribution in [0.25, 0.3) is 5.69 Å². The van der Waals surface area contributed by atoms with Gasteiger partial charge in [0.2, 0.25) is 0 Å². The Labute approximate surface area is 106 Å². The van der Waals surface area contributed by atoms with Crippen molar-refractivity contribution in [3.63, 3.8) is 0 Å². The minimum absolute atomic E-state index is 0.0447. The van der Waals surface area contributed by atoms with E-state index in [0.717, 1.165) is 16.8 Å². The van der Waals surface area contributed by atoms with Crippen LogP contribution >= 0.6 is 0 Å². The highest BCUT2D eigenvalue weighted by molar-refractivity contribution is 5.69. The van der Waals surface area contributed by atoms with Crippen molar-refractivity contribution in [1.29, 1.82) is 0 Å². The summed E-state index contributed by atoms with van der Waals surface area (Å²) in [4.78, 5) is 14.8. The second-order valence-corrected chi connectivity index (χ2v) is 4.59. The molecular weight excluding hydrogens is 228 g/mol. The number of hydrogen-bond donors (Lipinski definition) is 1. The van der Waals surface area contributed by atoms with Crippen LogP contribution < -0.4 is 0 Å². The topological polar surface area (TPSA) is 55.1 Å². The van der Waals surface area contributed by atoms with Crippen LogP contribution in [0.3, 0.4) is 0 Å². The van der Waals surface area contributed by atoms with E-state index >= 15 is 0 Å². The van der Waals surface area contributed by atoms with Gasteiger partial charge >= 0.3 is 5.97 Å². The molecule has 0 radical (unpaired) electrons. The summed E-state index contributed by atoms with van der Waals surface area (Å²) in [6, 6.07) is 4.22. The zero-order valence-corrected chi connectivity index (χ0v) is 10.8.